The number of hydrogen-bond acceptors (Lipinski definition) is 4. The van der Waals surface area contributed by atoms with E-state index in [-0.39, 0.29) is 11.7 Å². The molecule has 3 aromatic rings. The summed E-state index contributed by atoms with van der Waals surface area (Å²) in [6.07, 6.45) is 3.92. The molecule has 0 atom stereocenters. The Morgan fingerprint density at radius 2 is 2.25 bits per heavy atom. The van der Waals surface area contributed by atoms with Crippen LogP contribution in [0.2, 0.25) is 0 Å². The first-order valence-electron chi connectivity index (χ1n) is 7.22. The number of nitrogens with zero attached hydrogens (tertiary/aromatic N) is 1. The van der Waals surface area contributed by atoms with Crippen LogP contribution in [0.4, 0.5) is 9.52 Å². The number of benzene rings is 1. The Kier molecular flexibility index (Phi) is 4.82. The maximum atomic E-state index is 13.6. The van der Waals surface area contributed by atoms with Crippen LogP contribution in [0.15, 0.2) is 42.7 Å². The molecule has 0 aliphatic carbocycles. The molecule has 7 heteroatoms. The molecule has 0 saturated carbocycles. The first-order chi connectivity index (χ1) is 11.5. The molecule has 2 N–H and O–H groups in total. The van der Waals surface area contributed by atoms with E-state index >= 15 is 0 Å². The van der Waals surface area contributed by atoms with Crippen LogP contribution in [-0.4, -0.2) is 15.9 Å². The zero-order valence-electron chi connectivity index (χ0n) is 12.8. The number of nitrogens with one attached hydrogen (secondary N) is 2. The predicted molar refractivity (Wildman–Crippen MR) is 95.6 cm³/mol. The van der Waals surface area contributed by atoms with Gasteiger partial charge >= 0.3 is 0 Å². The molecule has 2 aromatic heterocycles. The molecule has 1 amide bonds. The maximum absolute atomic E-state index is 13.6. The third-order valence-corrected chi connectivity index (χ3v) is 4.70. The number of anilines is 1. The number of pyridine rings is 1. The normalized spacial score (nSPS) is 10.6. The molecule has 0 unspecified atom stereocenters. The number of carbonyl (C=O) groups is 1. The van der Waals surface area contributed by atoms with E-state index in [0.717, 1.165) is 10.4 Å². The number of rotatable bonds is 4. The van der Waals surface area contributed by atoms with Crippen LogP contribution in [0.3, 0.4) is 0 Å². The first-order valence-corrected chi connectivity index (χ1v) is 8.44. The highest BCUT2D eigenvalue weighted by atomic mass is 32.1. The minimum atomic E-state index is -0.306. The van der Waals surface area contributed by atoms with Gasteiger partial charge in [0.05, 0.1) is 5.56 Å². The van der Waals surface area contributed by atoms with Gasteiger partial charge in [0.15, 0.2) is 5.13 Å². The van der Waals surface area contributed by atoms with Crippen LogP contribution >= 0.6 is 23.6 Å². The number of hydrogen-bond donors (Lipinski definition) is 2. The van der Waals surface area contributed by atoms with E-state index in [1.165, 1.54) is 17.4 Å². The van der Waals surface area contributed by atoms with E-state index in [1.807, 2.05) is 6.07 Å². The van der Waals surface area contributed by atoms with Gasteiger partial charge in [-0.2, -0.15) is 0 Å². The molecule has 0 saturated heterocycles. The van der Waals surface area contributed by atoms with E-state index in [9.17, 15) is 9.18 Å². The summed E-state index contributed by atoms with van der Waals surface area (Å²) in [6, 6.07) is 8.53. The standard InChI is InChI=1S/C17H14FN3OS2/c1-10-4-5-11(8-14(10)18)7-12-9-20-17(24-12)21-15(22)13-3-2-6-19-16(13)23/h2-6,8-9H,7H2,1H3,(H,19,23)(H,20,21,22). The number of aryl methyl sites for hydroxylation is 1. The molecule has 3 rings (SSSR count). The molecule has 4 nitrogen and oxygen atoms in total. The summed E-state index contributed by atoms with van der Waals surface area (Å²) in [7, 11) is 0. The van der Waals surface area contributed by atoms with Crippen molar-refractivity contribution in [2.75, 3.05) is 5.32 Å². The van der Waals surface area contributed by atoms with Crippen molar-refractivity contribution in [3.8, 4) is 0 Å². The number of halogens is 1. The van der Waals surface area contributed by atoms with Gasteiger partial charge in [-0.3, -0.25) is 10.1 Å². The average molecular weight is 359 g/mol. The van der Waals surface area contributed by atoms with Gasteiger partial charge in [0.1, 0.15) is 10.5 Å². The molecular weight excluding hydrogens is 345 g/mol. The van der Waals surface area contributed by atoms with Gasteiger partial charge in [-0.25, -0.2) is 9.37 Å². The van der Waals surface area contributed by atoms with Crippen molar-refractivity contribution >= 4 is 34.6 Å². The number of aromatic amines is 1. The Hall–Kier alpha value is -2.38. The summed E-state index contributed by atoms with van der Waals surface area (Å²) in [6.45, 7) is 1.73. The van der Waals surface area contributed by atoms with Crippen molar-refractivity contribution in [3.63, 3.8) is 0 Å². The van der Waals surface area contributed by atoms with E-state index in [2.05, 4.69) is 15.3 Å². The lowest BCUT2D eigenvalue weighted by atomic mass is 10.1. The molecule has 0 fully saturated rings. The third kappa shape index (κ3) is 3.74. The van der Waals surface area contributed by atoms with E-state index in [1.54, 1.807) is 37.5 Å². The van der Waals surface area contributed by atoms with Crippen molar-refractivity contribution < 1.29 is 9.18 Å². The topological polar surface area (TPSA) is 57.8 Å². The van der Waals surface area contributed by atoms with Crippen LogP contribution in [-0.2, 0) is 6.42 Å². The molecule has 0 aliphatic heterocycles. The maximum Gasteiger partial charge on any atom is 0.260 e. The molecule has 24 heavy (non-hydrogen) atoms. The van der Waals surface area contributed by atoms with Crippen molar-refractivity contribution in [1.29, 1.82) is 0 Å². The van der Waals surface area contributed by atoms with Crippen LogP contribution < -0.4 is 5.32 Å². The SMILES string of the molecule is Cc1ccc(Cc2cnc(NC(=O)c3ccc[nH]c3=S)s2)cc1F. The van der Waals surface area contributed by atoms with E-state index in [0.29, 0.717) is 27.3 Å². The van der Waals surface area contributed by atoms with Crippen LogP contribution in [0.25, 0.3) is 0 Å². The Balaban J connectivity index is 1.71. The number of H-pyrrole nitrogens is 1. The molecule has 1 aromatic carbocycles. The fourth-order valence-electron chi connectivity index (χ4n) is 2.16. The quantitative estimate of drug-likeness (QED) is 0.675. The summed E-state index contributed by atoms with van der Waals surface area (Å²) in [5, 5.41) is 3.22. The number of thiazole rings is 1. The summed E-state index contributed by atoms with van der Waals surface area (Å²) in [5.41, 5.74) is 1.88. The highest BCUT2D eigenvalue weighted by Crippen LogP contribution is 2.22. The highest BCUT2D eigenvalue weighted by Gasteiger charge is 2.11. The predicted octanol–water partition coefficient (Wildman–Crippen LogP) is 4.49. The second-order valence-electron chi connectivity index (χ2n) is 5.26. The summed E-state index contributed by atoms with van der Waals surface area (Å²) in [5.74, 6) is -0.525. The lowest BCUT2D eigenvalue weighted by molar-refractivity contribution is 0.102. The zero-order valence-corrected chi connectivity index (χ0v) is 14.4. The minimum Gasteiger partial charge on any atom is -0.352 e. The Morgan fingerprint density at radius 3 is 3.00 bits per heavy atom. The lowest BCUT2D eigenvalue weighted by Gasteiger charge is -2.02. The Labute approximate surface area is 147 Å². The van der Waals surface area contributed by atoms with E-state index in [4.69, 9.17) is 12.2 Å². The first kappa shape index (κ1) is 16.5. The fraction of sp³-hybridized carbons (Fsp3) is 0.118. The Morgan fingerprint density at radius 1 is 1.42 bits per heavy atom. The molecule has 0 spiro atoms. The summed E-state index contributed by atoms with van der Waals surface area (Å²) in [4.78, 5) is 20.2. The molecule has 0 radical (unpaired) electrons. The monoisotopic (exact) mass is 359 g/mol. The van der Waals surface area contributed by atoms with Crippen molar-refractivity contribution in [2.45, 2.75) is 13.3 Å². The summed E-state index contributed by atoms with van der Waals surface area (Å²) < 4.78 is 14.0. The summed E-state index contributed by atoms with van der Waals surface area (Å²) >= 11 is 6.45. The van der Waals surface area contributed by atoms with Gasteiger partial charge in [0.2, 0.25) is 0 Å². The van der Waals surface area contributed by atoms with Gasteiger partial charge in [0, 0.05) is 23.7 Å². The zero-order chi connectivity index (χ0) is 17.1. The van der Waals surface area contributed by atoms with Crippen molar-refractivity contribution in [2.24, 2.45) is 0 Å². The molecule has 0 bridgehead atoms. The largest absolute Gasteiger partial charge is 0.352 e. The van der Waals surface area contributed by atoms with Gasteiger partial charge in [-0.05, 0) is 36.2 Å². The number of aromatic nitrogens is 2. The molecule has 0 aliphatic rings. The molecule has 122 valence electrons. The van der Waals surface area contributed by atoms with Crippen molar-refractivity contribution in [3.05, 3.63) is 74.8 Å². The van der Waals surface area contributed by atoms with Crippen molar-refractivity contribution in [1.82, 2.24) is 9.97 Å². The number of carbonyl (C=O) groups excluding carboxylic acids is 1. The highest BCUT2D eigenvalue weighted by molar-refractivity contribution is 7.71. The van der Waals surface area contributed by atoms with Crippen LogP contribution in [0.5, 0.6) is 0 Å². The van der Waals surface area contributed by atoms with Gasteiger partial charge in [-0.15, -0.1) is 11.3 Å². The number of amides is 1. The second kappa shape index (κ2) is 7.02. The Bertz CT molecular complexity index is 949. The second-order valence-corrected chi connectivity index (χ2v) is 6.78. The molecular formula is C17H14FN3OS2. The smallest absolute Gasteiger partial charge is 0.260 e. The average Bonchev–Trinajstić information content (AvgIpc) is 2.98. The van der Waals surface area contributed by atoms with Gasteiger partial charge in [-0.1, -0.05) is 24.4 Å². The van der Waals surface area contributed by atoms with Gasteiger partial charge < -0.3 is 4.98 Å². The lowest BCUT2D eigenvalue weighted by Crippen LogP contribution is -2.12. The minimum absolute atomic E-state index is 0.219. The van der Waals surface area contributed by atoms with Gasteiger partial charge in [0.25, 0.3) is 5.91 Å². The van der Waals surface area contributed by atoms with Crippen LogP contribution in [0.1, 0.15) is 26.4 Å². The fourth-order valence-corrected chi connectivity index (χ4v) is 3.23. The van der Waals surface area contributed by atoms with E-state index < -0.39 is 0 Å². The third-order valence-electron chi connectivity index (χ3n) is 3.45. The molecule has 2 heterocycles. The van der Waals surface area contributed by atoms with Crippen LogP contribution in [0, 0.1) is 17.4 Å².